The van der Waals surface area contributed by atoms with Crippen LogP contribution in [0.4, 0.5) is 10.1 Å². The van der Waals surface area contributed by atoms with Crippen molar-refractivity contribution in [1.29, 1.82) is 0 Å². The van der Waals surface area contributed by atoms with Crippen molar-refractivity contribution in [3.63, 3.8) is 0 Å². The predicted octanol–water partition coefficient (Wildman–Crippen LogP) is 3.43. The quantitative estimate of drug-likeness (QED) is 0.889. The molecular formula is C15H16FNO2. The summed E-state index contributed by atoms with van der Waals surface area (Å²) >= 11 is 0. The van der Waals surface area contributed by atoms with E-state index in [2.05, 4.69) is 0 Å². The fourth-order valence-corrected chi connectivity index (χ4v) is 1.98. The van der Waals surface area contributed by atoms with Crippen molar-refractivity contribution in [2.24, 2.45) is 0 Å². The third-order valence-electron chi connectivity index (χ3n) is 3.22. The molecule has 2 aromatic rings. The van der Waals surface area contributed by atoms with E-state index in [1.54, 1.807) is 24.3 Å². The molecule has 4 heteroatoms. The van der Waals surface area contributed by atoms with E-state index in [-0.39, 0.29) is 23.4 Å². The Morgan fingerprint density at radius 3 is 2.05 bits per heavy atom. The van der Waals surface area contributed by atoms with E-state index in [1.807, 2.05) is 18.9 Å². The summed E-state index contributed by atoms with van der Waals surface area (Å²) in [5.41, 5.74) is 1.64. The van der Waals surface area contributed by atoms with Gasteiger partial charge in [-0.2, -0.15) is 0 Å². The maximum atomic E-state index is 12.9. The van der Waals surface area contributed by atoms with Crippen molar-refractivity contribution in [3.05, 3.63) is 53.8 Å². The van der Waals surface area contributed by atoms with Crippen molar-refractivity contribution in [2.75, 3.05) is 11.9 Å². The predicted molar refractivity (Wildman–Crippen MR) is 73.0 cm³/mol. The number of aromatic hydroxyl groups is 2. The van der Waals surface area contributed by atoms with Crippen LogP contribution < -0.4 is 4.90 Å². The zero-order valence-corrected chi connectivity index (χ0v) is 10.8. The zero-order chi connectivity index (χ0) is 14.0. The van der Waals surface area contributed by atoms with Gasteiger partial charge >= 0.3 is 0 Å². The highest BCUT2D eigenvalue weighted by Crippen LogP contribution is 2.30. The van der Waals surface area contributed by atoms with Gasteiger partial charge in [0, 0.05) is 18.8 Å². The number of hydrogen-bond donors (Lipinski definition) is 2. The van der Waals surface area contributed by atoms with Gasteiger partial charge in [0.15, 0.2) is 0 Å². The molecule has 1 unspecified atom stereocenters. The van der Waals surface area contributed by atoms with Gasteiger partial charge in [0.25, 0.3) is 0 Å². The summed E-state index contributed by atoms with van der Waals surface area (Å²) in [6.07, 6.45) is 0. The number of phenolic OH excluding ortho intramolecular Hbond substituents is 2. The number of phenols is 2. The number of hydrogen-bond acceptors (Lipinski definition) is 3. The van der Waals surface area contributed by atoms with Crippen molar-refractivity contribution >= 4 is 5.69 Å². The Hall–Kier alpha value is -2.23. The molecule has 0 aliphatic rings. The van der Waals surface area contributed by atoms with Crippen LogP contribution in [-0.2, 0) is 0 Å². The zero-order valence-electron chi connectivity index (χ0n) is 10.8. The van der Waals surface area contributed by atoms with E-state index in [0.29, 0.717) is 0 Å². The molecule has 2 aromatic carbocycles. The number of nitrogens with zero attached hydrogens (tertiary/aromatic N) is 1. The molecule has 0 heterocycles. The Balaban J connectivity index is 2.27. The fourth-order valence-electron chi connectivity index (χ4n) is 1.98. The van der Waals surface area contributed by atoms with Gasteiger partial charge in [0.05, 0.1) is 6.04 Å². The average Bonchev–Trinajstić information content (AvgIpc) is 2.37. The fraction of sp³-hybridized carbons (Fsp3) is 0.200. The molecule has 2 rings (SSSR count). The van der Waals surface area contributed by atoms with Gasteiger partial charge < -0.3 is 15.1 Å². The van der Waals surface area contributed by atoms with Gasteiger partial charge in [0.1, 0.15) is 17.3 Å². The molecule has 0 fully saturated rings. The molecule has 3 nitrogen and oxygen atoms in total. The molecule has 19 heavy (non-hydrogen) atoms. The highest BCUT2D eigenvalue weighted by atomic mass is 19.1. The van der Waals surface area contributed by atoms with E-state index >= 15 is 0 Å². The molecular weight excluding hydrogens is 245 g/mol. The van der Waals surface area contributed by atoms with Crippen LogP contribution in [0.25, 0.3) is 0 Å². The summed E-state index contributed by atoms with van der Waals surface area (Å²) in [4.78, 5) is 1.94. The number of halogens is 1. The minimum atomic E-state index is -0.278. The lowest BCUT2D eigenvalue weighted by Crippen LogP contribution is -2.21. The van der Waals surface area contributed by atoms with Crippen molar-refractivity contribution in [1.82, 2.24) is 0 Å². The van der Waals surface area contributed by atoms with Gasteiger partial charge in [-0.25, -0.2) is 4.39 Å². The van der Waals surface area contributed by atoms with E-state index in [0.717, 1.165) is 11.3 Å². The lowest BCUT2D eigenvalue weighted by atomic mass is 10.1. The first kappa shape index (κ1) is 13.2. The second-order valence-corrected chi connectivity index (χ2v) is 4.55. The van der Waals surface area contributed by atoms with Crippen LogP contribution in [0.1, 0.15) is 18.5 Å². The van der Waals surface area contributed by atoms with E-state index in [9.17, 15) is 14.6 Å². The van der Waals surface area contributed by atoms with Gasteiger partial charge in [-0.1, -0.05) is 0 Å². The monoisotopic (exact) mass is 261 g/mol. The molecule has 2 N–H and O–H groups in total. The van der Waals surface area contributed by atoms with Crippen LogP contribution in [0.15, 0.2) is 42.5 Å². The minimum absolute atomic E-state index is 0.0226. The van der Waals surface area contributed by atoms with Crippen molar-refractivity contribution in [2.45, 2.75) is 13.0 Å². The SMILES string of the molecule is CC(c1cc(O)cc(O)c1)N(C)c1ccc(F)cc1. The molecule has 0 aliphatic heterocycles. The normalized spacial score (nSPS) is 12.2. The molecule has 0 aliphatic carbocycles. The second kappa shape index (κ2) is 5.18. The molecule has 0 radical (unpaired) electrons. The average molecular weight is 261 g/mol. The van der Waals surface area contributed by atoms with Crippen LogP contribution in [0.2, 0.25) is 0 Å². The summed E-state index contributed by atoms with van der Waals surface area (Å²) in [6.45, 7) is 1.94. The van der Waals surface area contributed by atoms with Crippen LogP contribution >= 0.6 is 0 Å². The maximum Gasteiger partial charge on any atom is 0.123 e. The van der Waals surface area contributed by atoms with Crippen molar-refractivity contribution < 1.29 is 14.6 Å². The van der Waals surface area contributed by atoms with Crippen molar-refractivity contribution in [3.8, 4) is 11.5 Å². The third-order valence-corrected chi connectivity index (χ3v) is 3.22. The Kier molecular flexibility index (Phi) is 3.60. The maximum absolute atomic E-state index is 12.9. The van der Waals surface area contributed by atoms with Crippen LogP contribution in [0, 0.1) is 5.82 Å². The topological polar surface area (TPSA) is 43.7 Å². The Morgan fingerprint density at radius 2 is 1.53 bits per heavy atom. The third kappa shape index (κ3) is 2.96. The van der Waals surface area contributed by atoms with Gasteiger partial charge in [-0.3, -0.25) is 0 Å². The van der Waals surface area contributed by atoms with Gasteiger partial charge in [-0.15, -0.1) is 0 Å². The summed E-state index contributed by atoms with van der Waals surface area (Å²) in [6, 6.07) is 10.6. The second-order valence-electron chi connectivity index (χ2n) is 4.55. The largest absolute Gasteiger partial charge is 0.508 e. The summed E-state index contributed by atoms with van der Waals surface area (Å²) in [5, 5.41) is 19.0. The molecule has 1 atom stereocenters. The number of benzene rings is 2. The molecule has 0 spiro atoms. The van der Waals surface area contributed by atoms with E-state index < -0.39 is 0 Å². The molecule has 0 saturated carbocycles. The number of anilines is 1. The first-order valence-electron chi connectivity index (χ1n) is 5.98. The van der Waals surface area contributed by atoms with Crippen LogP contribution in [-0.4, -0.2) is 17.3 Å². The van der Waals surface area contributed by atoms with Crippen LogP contribution in [0.5, 0.6) is 11.5 Å². The highest BCUT2D eigenvalue weighted by molar-refractivity contribution is 5.49. The molecule has 0 bridgehead atoms. The minimum Gasteiger partial charge on any atom is -0.508 e. The lowest BCUT2D eigenvalue weighted by Gasteiger charge is -2.27. The molecule has 0 aromatic heterocycles. The summed E-state index contributed by atoms with van der Waals surface area (Å²) in [7, 11) is 1.87. The van der Waals surface area contributed by atoms with Crippen LogP contribution in [0.3, 0.4) is 0 Å². The van der Waals surface area contributed by atoms with Gasteiger partial charge in [0.2, 0.25) is 0 Å². The highest BCUT2D eigenvalue weighted by Gasteiger charge is 2.14. The molecule has 100 valence electrons. The Bertz CT molecular complexity index is 549. The Morgan fingerprint density at radius 1 is 1.00 bits per heavy atom. The lowest BCUT2D eigenvalue weighted by molar-refractivity contribution is 0.448. The standard InChI is InChI=1S/C15H16FNO2/c1-10(11-7-14(18)9-15(19)8-11)17(2)13-5-3-12(16)4-6-13/h3-10,18-19H,1-2H3. The number of rotatable bonds is 3. The summed E-state index contributed by atoms with van der Waals surface area (Å²) in [5.74, 6) is -0.233. The van der Waals surface area contributed by atoms with E-state index in [4.69, 9.17) is 0 Å². The summed E-state index contributed by atoms with van der Waals surface area (Å²) < 4.78 is 12.9. The molecule has 0 amide bonds. The Labute approximate surface area is 111 Å². The smallest absolute Gasteiger partial charge is 0.123 e. The molecule has 0 saturated heterocycles. The van der Waals surface area contributed by atoms with E-state index in [1.165, 1.54) is 18.2 Å². The first-order valence-corrected chi connectivity index (χ1v) is 5.98. The van der Waals surface area contributed by atoms with Gasteiger partial charge in [-0.05, 0) is 48.9 Å². The first-order chi connectivity index (χ1) is 8.97.